The fourth-order valence-electron chi connectivity index (χ4n) is 2.66. The normalized spacial score (nSPS) is 16.8. The first-order valence-corrected chi connectivity index (χ1v) is 8.45. The number of anilines is 1. The summed E-state index contributed by atoms with van der Waals surface area (Å²) in [5, 5.41) is 1.11. The molecule has 1 aromatic carbocycles. The molecule has 2 heterocycles. The molecule has 0 radical (unpaired) electrons. The van der Waals surface area contributed by atoms with E-state index in [0.717, 1.165) is 41.9 Å². The molecule has 0 aliphatic carbocycles. The van der Waals surface area contributed by atoms with E-state index in [0.29, 0.717) is 5.82 Å². The molecule has 2 aromatic rings. The molecule has 5 heteroatoms. The van der Waals surface area contributed by atoms with Gasteiger partial charge in [-0.15, -0.1) is 0 Å². The maximum absolute atomic E-state index is 6.15. The molecule has 1 aliphatic heterocycles. The molecule has 0 spiro atoms. The second-order valence-corrected chi connectivity index (χ2v) is 6.56. The smallest absolute Gasteiger partial charge is 0.128 e. The number of hydrogen-bond donors (Lipinski definition) is 1. The van der Waals surface area contributed by atoms with Crippen molar-refractivity contribution < 1.29 is 4.74 Å². The molecular weight excluding hydrogens is 282 g/mol. The third-order valence-electron chi connectivity index (χ3n) is 3.85. The number of pyridine rings is 1. The predicted octanol–water partition coefficient (Wildman–Crippen LogP) is 2.76. The zero-order valence-electron chi connectivity index (χ0n) is 12.3. The molecule has 2 N–H and O–H groups in total. The number of ether oxygens (including phenoxy) is 1. The summed E-state index contributed by atoms with van der Waals surface area (Å²) in [4.78, 5) is 7.01. The Kier molecular flexibility index (Phi) is 4.51. The lowest BCUT2D eigenvalue weighted by atomic mass is 10.1. The largest absolute Gasteiger partial charge is 0.497 e. The second kappa shape index (κ2) is 6.54. The molecule has 21 heavy (non-hydrogen) atoms. The van der Waals surface area contributed by atoms with E-state index in [1.54, 1.807) is 7.11 Å². The maximum Gasteiger partial charge on any atom is 0.128 e. The number of rotatable bonds is 3. The van der Waals surface area contributed by atoms with Crippen LogP contribution in [-0.2, 0) is 6.54 Å². The van der Waals surface area contributed by atoms with Crippen molar-refractivity contribution in [2.24, 2.45) is 0 Å². The Balaban J connectivity index is 1.86. The fourth-order valence-corrected chi connectivity index (χ4v) is 3.58. The van der Waals surface area contributed by atoms with Crippen LogP contribution < -0.4 is 10.5 Å². The monoisotopic (exact) mass is 303 g/mol. The van der Waals surface area contributed by atoms with Crippen LogP contribution in [0, 0.1) is 0 Å². The Morgan fingerprint density at radius 3 is 3.05 bits per heavy atom. The quantitative estimate of drug-likeness (QED) is 0.945. The van der Waals surface area contributed by atoms with Crippen molar-refractivity contribution in [3.8, 4) is 5.75 Å². The predicted molar refractivity (Wildman–Crippen MR) is 89.9 cm³/mol. The van der Waals surface area contributed by atoms with Crippen LogP contribution in [0.15, 0.2) is 24.3 Å². The van der Waals surface area contributed by atoms with Crippen molar-refractivity contribution in [1.29, 1.82) is 0 Å². The molecule has 1 fully saturated rings. The summed E-state index contributed by atoms with van der Waals surface area (Å²) in [6.07, 6.45) is 1.25. The first kappa shape index (κ1) is 14.5. The van der Waals surface area contributed by atoms with E-state index in [-0.39, 0.29) is 0 Å². The van der Waals surface area contributed by atoms with Crippen molar-refractivity contribution >= 4 is 28.5 Å². The number of thioether (sulfide) groups is 1. The SMILES string of the molecule is COc1ccc2cc(CN3CCCSCC3)c(N)nc2c1. The zero-order valence-corrected chi connectivity index (χ0v) is 13.2. The van der Waals surface area contributed by atoms with E-state index in [1.807, 2.05) is 30.0 Å². The molecule has 0 amide bonds. The molecule has 0 saturated carbocycles. The van der Waals surface area contributed by atoms with Gasteiger partial charge < -0.3 is 10.5 Å². The Labute approximate surface area is 129 Å². The summed E-state index contributed by atoms with van der Waals surface area (Å²) in [5.74, 6) is 3.92. The van der Waals surface area contributed by atoms with Crippen LogP contribution in [0.4, 0.5) is 5.82 Å². The van der Waals surface area contributed by atoms with Crippen molar-refractivity contribution in [1.82, 2.24) is 9.88 Å². The van der Waals surface area contributed by atoms with Gasteiger partial charge >= 0.3 is 0 Å². The molecule has 0 atom stereocenters. The molecule has 112 valence electrons. The van der Waals surface area contributed by atoms with Crippen LogP contribution in [0.25, 0.3) is 10.9 Å². The minimum absolute atomic E-state index is 0.632. The molecule has 3 rings (SSSR count). The summed E-state index contributed by atoms with van der Waals surface area (Å²) < 4.78 is 5.24. The van der Waals surface area contributed by atoms with E-state index >= 15 is 0 Å². The topological polar surface area (TPSA) is 51.4 Å². The van der Waals surface area contributed by atoms with Crippen LogP contribution in [0.1, 0.15) is 12.0 Å². The summed E-state index contributed by atoms with van der Waals surface area (Å²) in [5.41, 5.74) is 8.17. The van der Waals surface area contributed by atoms with Gasteiger partial charge in [0.05, 0.1) is 12.6 Å². The van der Waals surface area contributed by atoms with E-state index < -0.39 is 0 Å². The summed E-state index contributed by atoms with van der Waals surface area (Å²) in [6, 6.07) is 8.10. The van der Waals surface area contributed by atoms with Crippen LogP contribution in [0.3, 0.4) is 0 Å². The van der Waals surface area contributed by atoms with E-state index in [9.17, 15) is 0 Å². The molecular formula is C16H21N3OS. The first-order valence-electron chi connectivity index (χ1n) is 7.29. The highest BCUT2D eigenvalue weighted by Crippen LogP contribution is 2.24. The molecule has 1 saturated heterocycles. The molecule has 0 unspecified atom stereocenters. The fraction of sp³-hybridized carbons (Fsp3) is 0.438. The van der Waals surface area contributed by atoms with E-state index in [2.05, 4.69) is 16.0 Å². The second-order valence-electron chi connectivity index (χ2n) is 5.33. The Morgan fingerprint density at radius 1 is 1.29 bits per heavy atom. The Hall–Kier alpha value is -1.46. The number of fused-ring (bicyclic) bond motifs is 1. The van der Waals surface area contributed by atoms with Gasteiger partial charge in [-0.05, 0) is 36.9 Å². The van der Waals surface area contributed by atoms with Crippen LogP contribution in [0.5, 0.6) is 5.75 Å². The Morgan fingerprint density at radius 2 is 2.19 bits per heavy atom. The third kappa shape index (κ3) is 3.41. The van der Waals surface area contributed by atoms with E-state index in [1.165, 1.54) is 17.9 Å². The van der Waals surface area contributed by atoms with Gasteiger partial charge in [0.15, 0.2) is 0 Å². The van der Waals surface area contributed by atoms with E-state index in [4.69, 9.17) is 10.5 Å². The van der Waals surface area contributed by atoms with Gasteiger partial charge in [0.2, 0.25) is 0 Å². The van der Waals surface area contributed by atoms with Gasteiger partial charge in [-0.2, -0.15) is 11.8 Å². The van der Waals surface area contributed by atoms with Crippen LogP contribution >= 0.6 is 11.8 Å². The van der Waals surface area contributed by atoms with Gasteiger partial charge in [-0.3, -0.25) is 4.90 Å². The first-order chi connectivity index (χ1) is 10.3. The van der Waals surface area contributed by atoms with Gasteiger partial charge in [-0.25, -0.2) is 4.98 Å². The molecule has 1 aromatic heterocycles. The molecule has 1 aliphatic rings. The lowest BCUT2D eigenvalue weighted by molar-refractivity contribution is 0.288. The van der Waals surface area contributed by atoms with Crippen molar-refractivity contribution in [3.05, 3.63) is 29.8 Å². The van der Waals surface area contributed by atoms with Gasteiger partial charge in [0.25, 0.3) is 0 Å². The van der Waals surface area contributed by atoms with Gasteiger partial charge in [0.1, 0.15) is 11.6 Å². The van der Waals surface area contributed by atoms with Gasteiger partial charge in [0, 0.05) is 35.9 Å². The number of methoxy groups -OCH3 is 1. The lowest BCUT2D eigenvalue weighted by Gasteiger charge is -2.20. The zero-order chi connectivity index (χ0) is 14.7. The highest BCUT2D eigenvalue weighted by molar-refractivity contribution is 7.99. The van der Waals surface area contributed by atoms with Gasteiger partial charge in [-0.1, -0.05) is 0 Å². The number of aromatic nitrogens is 1. The summed E-state index contributed by atoms with van der Waals surface area (Å²) in [6.45, 7) is 3.17. The molecule has 4 nitrogen and oxygen atoms in total. The maximum atomic E-state index is 6.15. The van der Waals surface area contributed by atoms with Crippen molar-refractivity contribution in [2.45, 2.75) is 13.0 Å². The standard InChI is InChI=1S/C16H21N3OS/c1-20-14-4-3-12-9-13(16(17)18-15(12)10-14)11-19-5-2-7-21-8-6-19/h3-4,9-10H,2,5-8,11H2,1H3,(H2,17,18). The van der Waals surface area contributed by atoms with Crippen LogP contribution in [-0.4, -0.2) is 41.6 Å². The highest BCUT2D eigenvalue weighted by Gasteiger charge is 2.12. The third-order valence-corrected chi connectivity index (χ3v) is 4.89. The number of nitrogens with two attached hydrogens (primary N) is 1. The minimum atomic E-state index is 0.632. The lowest BCUT2D eigenvalue weighted by Crippen LogP contribution is -2.26. The minimum Gasteiger partial charge on any atom is -0.497 e. The number of hydrogen-bond acceptors (Lipinski definition) is 5. The van der Waals surface area contributed by atoms with Crippen LogP contribution in [0.2, 0.25) is 0 Å². The molecule has 0 bridgehead atoms. The highest BCUT2D eigenvalue weighted by atomic mass is 32.2. The number of nitrogens with zero attached hydrogens (tertiary/aromatic N) is 2. The Bertz CT molecular complexity index is 624. The summed E-state index contributed by atoms with van der Waals surface area (Å²) >= 11 is 2.04. The average Bonchev–Trinajstić information content (AvgIpc) is 2.76. The number of benzene rings is 1. The van der Waals surface area contributed by atoms with Crippen molar-refractivity contribution in [3.63, 3.8) is 0 Å². The van der Waals surface area contributed by atoms with Crippen molar-refractivity contribution in [2.75, 3.05) is 37.4 Å². The summed E-state index contributed by atoms with van der Waals surface area (Å²) in [7, 11) is 1.66. The average molecular weight is 303 g/mol. The number of nitrogen functional groups attached to an aromatic ring is 1.